The standard InChI is InChI=1S/C22H28N4O2.HI/c1-23-21(26-12-11-22(16-26)9-4-10-22)25-15-17-7-8-20(24-14-17)28-19-6-3-5-18(13-19)27-2;/h3,5-8,13-14H,4,9-12,15-16H2,1-2H3,(H,23,25);1H. The van der Waals surface area contributed by atoms with Crippen LogP contribution in [-0.2, 0) is 6.54 Å². The Morgan fingerprint density at radius 2 is 2.03 bits per heavy atom. The van der Waals surface area contributed by atoms with Crippen molar-refractivity contribution in [3.63, 3.8) is 0 Å². The van der Waals surface area contributed by atoms with E-state index in [4.69, 9.17) is 9.47 Å². The molecule has 0 atom stereocenters. The van der Waals surface area contributed by atoms with Gasteiger partial charge >= 0.3 is 0 Å². The molecule has 2 heterocycles. The average Bonchev–Trinajstić information content (AvgIpc) is 3.16. The number of guanidine groups is 1. The molecule has 1 aliphatic heterocycles. The Kier molecular flexibility index (Phi) is 7.21. The van der Waals surface area contributed by atoms with Gasteiger partial charge in [-0.1, -0.05) is 18.6 Å². The zero-order chi connectivity index (χ0) is 19.4. The van der Waals surface area contributed by atoms with Gasteiger partial charge < -0.3 is 19.7 Å². The average molecular weight is 508 g/mol. The van der Waals surface area contributed by atoms with Crippen molar-refractivity contribution in [2.45, 2.75) is 32.2 Å². The second kappa shape index (κ2) is 9.65. The Morgan fingerprint density at radius 1 is 1.21 bits per heavy atom. The lowest BCUT2D eigenvalue weighted by molar-refractivity contribution is 0.151. The van der Waals surface area contributed by atoms with Crippen LogP contribution in [0.25, 0.3) is 0 Å². The van der Waals surface area contributed by atoms with Gasteiger partial charge in [-0.25, -0.2) is 4.98 Å². The molecule has 1 aliphatic carbocycles. The third-order valence-electron chi connectivity index (χ3n) is 5.88. The third kappa shape index (κ3) is 5.12. The molecule has 0 unspecified atom stereocenters. The van der Waals surface area contributed by atoms with Crippen LogP contribution in [0, 0.1) is 5.41 Å². The molecular formula is C22H29IN4O2. The summed E-state index contributed by atoms with van der Waals surface area (Å²) in [6.45, 7) is 2.94. The van der Waals surface area contributed by atoms with Crippen molar-refractivity contribution in [3.05, 3.63) is 48.2 Å². The zero-order valence-electron chi connectivity index (χ0n) is 17.1. The van der Waals surface area contributed by atoms with E-state index in [2.05, 4.69) is 20.2 Å². The van der Waals surface area contributed by atoms with Gasteiger partial charge in [-0.15, -0.1) is 24.0 Å². The summed E-state index contributed by atoms with van der Waals surface area (Å²) in [4.78, 5) is 11.3. The van der Waals surface area contributed by atoms with E-state index in [-0.39, 0.29) is 24.0 Å². The first kappa shape index (κ1) is 21.7. The van der Waals surface area contributed by atoms with E-state index in [1.165, 1.54) is 25.7 Å². The van der Waals surface area contributed by atoms with Crippen LogP contribution in [-0.4, -0.2) is 43.1 Å². The van der Waals surface area contributed by atoms with Crippen LogP contribution in [0.5, 0.6) is 17.4 Å². The van der Waals surface area contributed by atoms with Crippen LogP contribution in [0.1, 0.15) is 31.2 Å². The van der Waals surface area contributed by atoms with Crippen molar-refractivity contribution in [2.24, 2.45) is 10.4 Å². The first-order valence-electron chi connectivity index (χ1n) is 9.92. The summed E-state index contributed by atoms with van der Waals surface area (Å²) in [6.07, 6.45) is 7.27. The molecule has 1 saturated carbocycles. The van der Waals surface area contributed by atoms with Gasteiger partial charge in [-0.3, -0.25) is 4.99 Å². The molecule has 1 aromatic heterocycles. The lowest BCUT2D eigenvalue weighted by Crippen LogP contribution is -2.42. The highest BCUT2D eigenvalue weighted by Gasteiger charge is 2.43. The Morgan fingerprint density at radius 3 is 2.66 bits per heavy atom. The van der Waals surface area contributed by atoms with Crippen LogP contribution in [0.15, 0.2) is 47.6 Å². The van der Waals surface area contributed by atoms with Gasteiger partial charge in [0.25, 0.3) is 0 Å². The molecule has 0 radical (unpaired) electrons. The molecule has 1 spiro atoms. The number of halogens is 1. The Balaban J connectivity index is 0.00000240. The fraction of sp³-hybridized carbons (Fsp3) is 0.455. The molecule has 0 bridgehead atoms. The number of benzene rings is 1. The summed E-state index contributed by atoms with van der Waals surface area (Å²) >= 11 is 0. The van der Waals surface area contributed by atoms with E-state index in [9.17, 15) is 0 Å². The van der Waals surface area contributed by atoms with Crippen molar-refractivity contribution >= 4 is 29.9 Å². The largest absolute Gasteiger partial charge is 0.497 e. The minimum atomic E-state index is 0. The molecule has 2 fully saturated rings. The maximum atomic E-state index is 5.80. The maximum Gasteiger partial charge on any atom is 0.219 e. The quantitative estimate of drug-likeness (QED) is 0.368. The zero-order valence-corrected chi connectivity index (χ0v) is 19.4. The Bertz CT molecular complexity index is 837. The van der Waals surface area contributed by atoms with Crippen molar-refractivity contribution < 1.29 is 9.47 Å². The first-order chi connectivity index (χ1) is 13.7. The summed E-state index contributed by atoms with van der Waals surface area (Å²) < 4.78 is 11.0. The molecule has 1 saturated heterocycles. The summed E-state index contributed by atoms with van der Waals surface area (Å²) in [5.41, 5.74) is 1.66. The lowest BCUT2D eigenvalue weighted by atomic mass is 9.68. The minimum Gasteiger partial charge on any atom is -0.497 e. The summed E-state index contributed by atoms with van der Waals surface area (Å²) in [5.74, 6) is 3.01. The molecular weight excluding hydrogens is 479 g/mol. The van der Waals surface area contributed by atoms with E-state index in [1.54, 1.807) is 7.11 Å². The molecule has 0 amide bonds. The second-order valence-corrected chi connectivity index (χ2v) is 7.71. The van der Waals surface area contributed by atoms with Crippen LogP contribution in [0.2, 0.25) is 0 Å². The number of hydrogen-bond donors (Lipinski definition) is 1. The molecule has 4 rings (SSSR count). The van der Waals surface area contributed by atoms with E-state index in [0.717, 1.165) is 30.4 Å². The van der Waals surface area contributed by atoms with Gasteiger partial charge in [-0.2, -0.15) is 0 Å². The van der Waals surface area contributed by atoms with Crippen molar-refractivity contribution in [1.82, 2.24) is 15.2 Å². The van der Waals surface area contributed by atoms with Gasteiger partial charge in [0.2, 0.25) is 5.88 Å². The van der Waals surface area contributed by atoms with Gasteiger partial charge in [0.05, 0.1) is 7.11 Å². The van der Waals surface area contributed by atoms with Gasteiger partial charge in [0, 0.05) is 45.0 Å². The van der Waals surface area contributed by atoms with Crippen molar-refractivity contribution in [3.8, 4) is 17.4 Å². The highest BCUT2D eigenvalue weighted by atomic mass is 127. The molecule has 1 N–H and O–H groups in total. The molecule has 6 nitrogen and oxygen atoms in total. The number of nitrogens with one attached hydrogen (secondary N) is 1. The highest BCUT2D eigenvalue weighted by molar-refractivity contribution is 14.0. The minimum absolute atomic E-state index is 0. The fourth-order valence-electron chi connectivity index (χ4n) is 4.08. The normalized spacial score (nSPS) is 17.4. The van der Waals surface area contributed by atoms with Gasteiger partial charge in [0.1, 0.15) is 11.5 Å². The van der Waals surface area contributed by atoms with Gasteiger partial charge in [-0.05, 0) is 42.4 Å². The maximum absolute atomic E-state index is 5.80. The predicted octanol–water partition coefficient (Wildman–Crippen LogP) is 4.45. The number of methoxy groups -OCH3 is 1. The van der Waals surface area contributed by atoms with Crippen LogP contribution in [0.4, 0.5) is 0 Å². The molecule has 2 aliphatic rings. The van der Waals surface area contributed by atoms with Gasteiger partial charge in [0.15, 0.2) is 5.96 Å². The van der Waals surface area contributed by atoms with E-state index < -0.39 is 0 Å². The number of pyridine rings is 1. The van der Waals surface area contributed by atoms with Crippen molar-refractivity contribution in [1.29, 1.82) is 0 Å². The number of hydrogen-bond acceptors (Lipinski definition) is 4. The van der Waals surface area contributed by atoms with E-state index in [0.29, 0.717) is 23.6 Å². The Labute approximate surface area is 189 Å². The predicted molar refractivity (Wildman–Crippen MR) is 125 cm³/mol. The van der Waals surface area contributed by atoms with E-state index >= 15 is 0 Å². The second-order valence-electron chi connectivity index (χ2n) is 7.71. The molecule has 7 heteroatoms. The molecule has 2 aromatic rings. The number of ether oxygens (including phenoxy) is 2. The smallest absolute Gasteiger partial charge is 0.219 e. The number of likely N-dealkylation sites (tertiary alicyclic amines) is 1. The third-order valence-corrected chi connectivity index (χ3v) is 5.88. The van der Waals surface area contributed by atoms with Crippen LogP contribution in [0.3, 0.4) is 0 Å². The van der Waals surface area contributed by atoms with Crippen molar-refractivity contribution in [2.75, 3.05) is 27.2 Å². The summed E-state index contributed by atoms with van der Waals surface area (Å²) in [5, 5.41) is 3.48. The monoisotopic (exact) mass is 508 g/mol. The topological polar surface area (TPSA) is 59.0 Å². The van der Waals surface area contributed by atoms with Crippen LogP contribution < -0.4 is 14.8 Å². The number of rotatable bonds is 5. The molecule has 29 heavy (non-hydrogen) atoms. The van der Waals surface area contributed by atoms with E-state index in [1.807, 2.05) is 49.6 Å². The fourth-order valence-corrected chi connectivity index (χ4v) is 4.08. The van der Waals surface area contributed by atoms with Crippen LogP contribution >= 0.6 is 24.0 Å². The summed E-state index contributed by atoms with van der Waals surface area (Å²) in [6, 6.07) is 11.4. The highest BCUT2D eigenvalue weighted by Crippen LogP contribution is 2.47. The Hall–Kier alpha value is -2.03. The molecule has 1 aromatic carbocycles. The molecule has 156 valence electrons. The number of aliphatic imine (C=N–C) groups is 1. The lowest BCUT2D eigenvalue weighted by Gasteiger charge is -2.38. The first-order valence-corrected chi connectivity index (χ1v) is 9.92. The summed E-state index contributed by atoms with van der Waals surface area (Å²) in [7, 11) is 3.50. The SMILES string of the molecule is CN=C(NCc1ccc(Oc2cccc(OC)c2)nc1)N1CCC2(CCC2)C1.I. The number of nitrogens with zero attached hydrogens (tertiary/aromatic N) is 3. The number of aromatic nitrogens is 1.